The lowest BCUT2D eigenvalue weighted by atomic mass is 9.92. The first-order valence-corrected chi connectivity index (χ1v) is 8.42. The van der Waals surface area contributed by atoms with Gasteiger partial charge in [0.15, 0.2) is 0 Å². The third kappa shape index (κ3) is 2.97. The Balaban J connectivity index is 1.66. The molecule has 1 aromatic heterocycles. The van der Waals surface area contributed by atoms with Crippen molar-refractivity contribution < 1.29 is 14.3 Å². The second-order valence-corrected chi connectivity index (χ2v) is 6.52. The van der Waals surface area contributed by atoms with Crippen molar-refractivity contribution >= 4 is 17.6 Å². The Kier molecular flexibility index (Phi) is 3.91. The molecule has 7 nitrogen and oxygen atoms in total. The van der Waals surface area contributed by atoms with Crippen molar-refractivity contribution in [3.05, 3.63) is 42.1 Å². The van der Waals surface area contributed by atoms with Gasteiger partial charge in [-0.05, 0) is 30.5 Å². The number of likely N-dealkylation sites (tertiary alicyclic amines) is 1. The highest BCUT2D eigenvalue weighted by atomic mass is 16.5. The second-order valence-electron chi connectivity index (χ2n) is 6.52. The number of methoxy groups -OCH3 is 1. The molecule has 1 aliphatic carbocycles. The summed E-state index contributed by atoms with van der Waals surface area (Å²) in [6.45, 7) is 0. The summed E-state index contributed by atoms with van der Waals surface area (Å²) in [7, 11) is 1.61. The first-order valence-electron chi connectivity index (χ1n) is 8.42. The normalized spacial score (nSPS) is 22.9. The van der Waals surface area contributed by atoms with Gasteiger partial charge < -0.3 is 15.0 Å². The van der Waals surface area contributed by atoms with Crippen LogP contribution in [0.3, 0.4) is 0 Å². The van der Waals surface area contributed by atoms with E-state index in [0.29, 0.717) is 5.82 Å². The van der Waals surface area contributed by atoms with Gasteiger partial charge in [-0.3, -0.25) is 14.7 Å². The van der Waals surface area contributed by atoms with E-state index >= 15 is 0 Å². The van der Waals surface area contributed by atoms with Crippen LogP contribution in [0.1, 0.15) is 30.9 Å². The fourth-order valence-corrected chi connectivity index (χ4v) is 3.54. The maximum atomic E-state index is 12.8. The molecule has 2 heterocycles. The Hall–Kier alpha value is -2.83. The maximum Gasteiger partial charge on any atom is 0.231 e. The third-order valence-electron chi connectivity index (χ3n) is 4.83. The second kappa shape index (κ2) is 6.23. The maximum absolute atomic E-state index is 12.8. The third-order valence-corrected chi connectivity index (χ3v) is 4.83. The summed E-state index contributed by atoms with van der Waals surface area (Å²) >= 11 is 0. The smallest absolute Gasteiger partial charge is 0.231 e. The average molecular weight is 340 g/mol. The number of amides is 2. The van der Waals surface area contributed by atoms with Crippen molar-refractivity contribution in [3.8, 4) is 5.75 Å². The highest BCUT2D eigenvalue weighted by molar-refractivity contribution is 5.97. The average Bonchev–Trinajstić information content (AvgIpc) is 3.21. The zero-order chi connectivity index (χ0) is 17.4. The number of hydrogen-bond donors (Lipinski definition) is 2. The molecule has 1 saturated carbocycles. The molecule has 1 aliphatic heterocycles. The number of nitrogens with zero attached hydrogens (tertiary/aromatic N) is 2. The Morgan fingerprint density at radius 1 is 1.36 bits per heavy atom. The van der Waals surface area contributed by atoms with Crippen molar-refractivity contribution in [2.24, 2.45) is 5.92 Å². The van der Waals surface area contributed by atoms with Gasteiger partial charge in [-0.25, -0.2) is 0 Å². The van der Waals surface area contributed by atoms with Crippen LogP contribution >= 0.6 is 0 Å². The molecular weight excluding hydrogens is 320 g/mol. The standard InChI is InChI=1S/C18H20N4O3/c1-25-13-4-2-3-11(9-13)17-14(10-16(23)22(17)12-5-6-12)18(24)20-15-7-8-19-21-15/h2-4,7-9,12,14,17H,5-6,10H2,1H3,(H2,19,20,21,24)/t14-,17+/m1/s1. The molecule has 0 radical (unpaired) electrons. The van der Waals surface area contributed by atoms with Crippen molar-refractivity contribution in [1.82, 2.24) is 15.1 Å². The summed E-state index contributed by atoms with van der Waals surface area (Å²) in [5, 5.41) is 9.38. The molecule has 2 amide bonds. The van der Waals surface area contributed by atoms with E-state index in [2.05, 4.69) is 15.5 Å². The number of aromatic nitrogens is 2. The quantitative estimate of drug-likeness (QED) is 0.873. The van der Waals surface area contributed by atoms with Gasteiger partial charge in [0, 0.05) is 18.5 Å². The number of rotatable bonds is 5. The van der Waals surface area contributed by atoms with Crippen molar-refractivity contribution in [3.63, 3.8) is 0 Å². The molecule has 1 aromatic carbocycles. The van der Waals surface area contributed by atoms with E-state index in [1.54, 1.807) is 19.4 Å². The van der Waals surface area contributed by atoms with Crippen LogP contribution in [0.5, 0.6) is 5.75 Å². The van der Waals surface area contributed by atoms with Crippen LogP contribution in [0.25, 0.3) is 0 Å². The Bertz CT molecular complexity index is 785. The molecule has 2 aliphatic rings. The summed E-state index contributed by atoms with van der Waals surface area (Å²) in [6, 6.07) is 9.29. The number of benzene rings is 1. The Morgan fingerprint density at radius 3 is 2.88 bits per heavy atom. The number of aromatic amines is 1. The van der Waals surface area contributed by atoms with Gasteiger partial charge in [0.2, 0.25) is 11.8 Å². The van der Waals surface area contributed by atoms with Gasteiger partial charge in [-0.2, -0.15) is 5.10 Å². The van der Waals surface area contributed by atoms with E-state index in [1.165, 1.54) is 0 Å². The topological polar surface area (TPSA) is 87.3 Å². The van der Waals surface area contributed by atoms with Crippen LogP contribution in [-0.4, -0.2) is 40.1 Å². The predicted molar refractivity (Wildman–Crippen MR) is 90.9 cm³/mol. The van der Waals surface area contributed by atoms with E-state index in [9.17, 15) is 9.59 Å². The van der Waals surface area contributed by atoms with Crippen LogP contribution in [0.4, 0.5) is 5.82 Å². The van der Waals surface area contributed by atoms with Gasteiger partial charge in [0.05, 0.1) is 25.3 Å². The largest absolute Gasteiger partial charge is 0.497 e. The van der Waals surface area contributed by atoms with Crippen molar-refractivity contribution in [1.29, 1.82) is 0 Å². The van der Waals surface area contributed by atoms with Crippen LogP contribution in [0.15, 0.2) is 36.5 Å². The molecule has 2 fully saturated rings. The number of nitrogens with one attached hydrogen (secondary N) is 2. The number of H-pyrrole nitrogens is 1. The summed E-state index contributed by atoms with van der Waals surface area (Å²) < 4.78 is 5.32. The zero-order valence-electron chi connectivity index (χ0n) is 13.9. The summed E-state index contributed by atoms with van der Waals surface area (Å²) in [4.78, 5) is 27.3. The molecule has 130 valence electrons. The fraction of sp³-hybridized carbons (Fsp3) is 0.389. The summed E-state index contributed by atoms with van der Waals surface area (Å²) in [6.07, 6.45) is 3.80. The van der Waals surface area contributed by atoms with Crippen LogP contribution in [0, 0.1) is 5.92 Å². The number of ether oxygens (including phenoxy) is 1. The minimum atomic E-state index is -0.441. The summed E-state index contributed by atoms with van der Waals surface area (Å²) in [5.41, 5.74) is 0.932. The molecule has 2 atom stereocenters. The molecule has 7 heteroatoms. The molecular formula is C18H20N4O3. The van der Waals surface area contributed by atoms with Gasteiger partial charge >= 0.3 is 0 Å². The first kappa shape index (κ1) is 15.7. The Morgan fingerprint density at radius 2 is 2.20 bits per heavy atom. The number of carbonyl (C=O) groups is 2. The minimum absolute atomic E-state index is 0.0417. The molecule has 0 unspecified atom stereocenters. The number of carbonyl (C=O) groups excluding carboxylic acids is 2. The van der Waals surface area contributed by atoms with Crippen molar-refractivity contribution in [2.75, 3.05) is 12.4 Å². The van der Waals surface area contributed by atoms with Crippen LogP contribution in [0.2, 0.25) is 0 Å². The van der Waals surface area contributed by atoms with Gasteiger partial charge in [0.25, 0.3) is 0 Å². The van der Waals surface area contributed by atoms with Crippen LogP contribution < -0.4 is 10.1 Å². The first-order chi connectivity index (χ1) is 12.2. The van der Waals surface area contributed by atoms with E-state index in [1.807, 2.05) is 29.2 Å². The SMILES string of the molecule is COc1cccc([C@H]2[C@H](C(=O)Nc3ccn[nH]3)CC(=O)N2C2CC2)c1. The highest BCUT2D eigenvalue weighted by Gasteiger charge is 2.49. The van der Waals surface area contributed by atoms with E-state index in [0.717, 1.165) is 24.2 Å². The van der Waals surface area contributed by atoms with Crippen LogP contribution in [-0.2, 0) is 9.59 Å². The van der Waals surface area contributed by atoms with E-state index in [-0.39, 0.29) is 30.3 Å². The van der Waals surface area contributed by atoms with Gasteiger partial charge in [0.1, 0.15) is 11.6 Å². The highest BCUT2D eigenvalue weighted by Crippen LogP contribution is 2.45. The Labute approximate surface area is 145 Å². The van der Waals surface area contributed by atoms with E-state index in [4.69, 9.17) is 4.74 Å². The lowest BCUT2D eigenvalue weighted by molar-refractivity contribution is -0.129. The zero-order valence-corrected chi connectivity index (χ0v) is 13.9. The van der Waals surface area contributed by atoms with Crippen molar-refractivity contribution in [2.45, 2.75) is 31.3 Å². The molecule has 0 spiro atoms. The number of anilines is 1. The predicted octanol–water partition coefficient (Wildman–Crippen LogP) is 2.11. The lowest BCUT2D eigenvalue weighted by Crippen LogP contribution is -2.34. The summed E-state index contributed by atoms with van der Waals surface area (Å²) in [5.74, 6) is 0.684. The van der Waals surface area contributed by atoms with Gasteiger partial charge in [-0.1, -0.05) is 12.1 Å². The van der Waals surface area contributed by atoms with E-state index < -0.39 is 5.92 Å². The molecule has 2 N–H and O–H groups in total. The molecule has 0 bridgehead atoms. The molecule has 25 heavy (non-hydrogen) atoms. The fourth-order valence-electron chi connectivity index (χ4n) is 3.54. The monoisotopic (exact) mass is 340 g/mol. The molecule has 1 saturated heterocycles. The molecule has 2 aromatic rings. The number of hydrogen-bond acceptors (Lipinski definition) is 4. The van der Waals surface area contributed by atoms with Gasteiger partial charge in [-0.15, -0.1) is 0 Å². The molecule has 4 rings (SSSR count). The minimum Gasteiger partial charge on any atom is -0.497 e. The lowest BCUT2D eigenvalue weighted by Gasteiger charge is -2.28.